The molecule has 2 fully saturated rings. The molecule has 2 amide bonds. The van der Waals surface area contributed by atoms with Crippen LogP contribution in [0.5, 0.6) is 0 Å². The van der Waals surface area contributed by atoms with E-state index in [1.165, 1.54) is 4.90 Å². The monoisotopic (exact) mass is 226 g/mol. The van der Waals surface area contributed by atoms with Crippen LogP contribution in [0, 0.1) is 11.8 Å². The Bertz CT molecular complexity index is 309. The molecule has 0 spiro atoms. The Labute approximate surface area is 93.8 Å². The number of hydrogen-bond donors (Lipinski definition) is 1. The molecule has 2 N–H and O–H groups in total. The lowest BCUT2D eigenvalue weighted by Gasteiger charge is -2.15. The van der Waals surface area contributed by atoms with Gasteiger partial charge in [0.15, 0.2) is 0 Å². The quantitative estimate of drug-likeness (QED) is 0.420. The summed E-state index contributed by atoms with van der Waals surface area (Å²) < 4.78 is 0. The highest BCUT2D eigenvalue weighted by molar-refractivity contribution is 7.80. The Hall–Kier alpha value is -0.970. The van der Waals surface area contributed by atoms with E-state index in [4.69, 9.17) is 18.0 Å². The van der Waals surface area contributed by atoms with E-state index in [0.717, 1.165) is 19.3 Å². The van der Waals surface area contributed by atoms with Crippen molar-refractivity contribution in [3.05, 3.63) is 0 Å². The Morgan fingerprint density at radius 2 is 1.93 bits per heavy atom. The fourth-order valence-corrected chi connectivity index (χ4v) is 2.18. The summed E-state index contributed by atoms with van der Waals surface area (Å²) in [7, 11) is 0. The highest BCUT2D eigenvalue weighted by Crippen LogP contribution is 2.46. The van der Waals surface area contributed by atoms with E-state index in [0.29, 0.717) is 18.0 Å². The summed E-state index contributed by atoms with van der Waals surface area (Å²) in [5.41, 5.74) is 5.35. The van der Waals surface area contributed by atoms with Gasteiger partial charge in [-0.05, 0) is 25.7 Å². The van der Waals surface area contributed by atoms with E-state index in [2.05, 4.69) is 0 Å². The Morgan fingerprint density at radius 3 is 2.47 bits per heavy atom. The van der Waals surface area contributed by atoms with Crippen LogP contribution in [0.1, 0.15) is 25.7 Å². The number of rotatable bonds is 5. The minimum atomic E-state index is 0.0214. The molecule has 82 valence electrons. The van der Waals surface area contributed by atoms with Crippen molar-refractivity contribution in [1.82, 2.24) is 4.90 Å². The van der Waals surface area contributed by atoms with Gasteiger partial charge in [0.05, 0.1) is 16.8 Å². The van der Waals surface area contributed by atoms with Gasteiger partial charge in [-0.2, -0.15) is 0 Å². The van der Waals surface area contributed by atoms with Crippen molar-refractivity contribution in [2.24, 2.45) is 17.6 Å². The van der Waals surface area contributed by atoms with Crippen molar-refractivity contribution < 1.29 is 9.59 Å². The summed E-state index contributed by atoms with van der Waals surface area (Å²) >= 11 is 4.75. The third-order valence-electron chi connectivity index (χ3n) is 3.01. The van der Waals surface area contributed by atoms with E-state index in [-0.39, 0.29) is 23.7 Å². The first-order valence-electron chi connectivity index (χ1n) is 5.25. The molecule has 5 heteroatoms. The van der Waals surface area contributed by atoms with Gasteiger partial charge in [0.2, 0.25) is 11.8 Å². The van der Waals surface area contributed by atoms with Crippen LogP contribution in [0.3, 0.4) is 0 Å². The fraction of sp³-hybridized carbons (Fsp3) is 0.700. The number of nitrogens with two attached hydrogens (primary N) is 1. The van der Waals surface area contributed by atoms with Gasteiger partial charge in [0, 0.05) is 6.54 Å². The lowest BCUT2D eigenvalue weighted by Crippen LogP contribution is -2.33. The second kappa shape index (κ2) is 3.89. The van der Waals surface area contributed by atoms with Crippen LogP contribution in [-0.4, -0.2) is 28.2 Å². The van der Waals surface area contributed by atoms with Crippen LogP contribution < -0.4 is 5.73 Å². The number of piperidine rings is 1. The number of nitrogens with zero attached hydrogens (tertiary/aromatic N) is 1. The molecule has 15 heavy (non-hydrogen) atoms. The van der Waals surface area contributed by atoms with E-state index >= 15 is 0 Å². The van der Waals surface area contributed by atoms with Crippen LogP contribution in [0.25, 0.3) is 0 Å². The smallest absolute Gasteiger partial charge is 0.233 e. The molecule has 0 aromatic rings. The van der Waals surface area contributed by atoms with Crippen LogP contribution in [0.4, 0.5) is 0 Å². The molecule has 1 heterocycles. The van der Waals surface area contributed by atoms with Crippen molar-refractivity contribution in [3.8, 4) is 0 Å². The van der Waals surface area contributed by atoms with Gasteiger partial charge in [0.1, 0.15) is 0 Å². The standard InChI is InChI=1S/C10H14N2O2S/c11-8(15)3-1-2-4-12-9(13)6-5-7(6)10(12)14/h6-7H,1-5H2,(H2,11,15). The minimum Gasteiger partial charge on any atom is -0.393 e. The van der Waals surface area contributed by atoms with Crippen molar-refractivity contribution in [2.75, 3.05) is 6.54 Å². The first-order chi connectivity index (χ1) is 7.11. The number of fused-ring (bicyclic) bond motifs is 1. The molecule has 0 bridgehead atoms. The van der Waals surface area contributed by atoms with E-state index in [1.54, 1.807) is 0 Å². The molecule has 1 saturated heterocycles. The van der Waals surface area contributed by atoms with Crippen LogP contribution in [0.15, 0.2) is 0 Å². The number of likely N-dealkylation sites (tertiary alicyclic amines) is 1. The number of amides is 2. The largest absolute Gasteiger partial charge is 0.393 e. The maximum Gasteiger partial charge on any atom is 0.233 e. The highest BCUT2D eigenvalue weighted by Gasteiger charge is 2.58. The van der Waals surface area contributed by atoms with Crippen molar-refractivity contribution in [1.29, 1.82) is 0 Å². The molecule has 1 saturated carbocycles. The number of carbonyl (C=O) groups is 2. The van der Waals surface area contributed by atoms with Crippen molar-refractivity contribution in [3.63, 3.8) is 0 Å². The lowest BCUT2D eigenvalue weighted by molar-refractivity contribution is -0.141. The predicted molar refractivity (Wildman–Crippen MR) is 59.0 cm³/mol. The summed E-state index contributed by atoms with van der Waals surface area (Å²) in [6.45, 7) is 0.535. The van der Waals surface area contributed by atoms with Crippen molar-refractivity contribution >= 4 is 29.0 Å². The van der Waals surface area contributed by atoms with Gasteiger partial charge in [-0.15, -0.1) is 0 Å². The normalized spacial score (nSPS) is 28.1. The third kappa shape index (κ3) is 2.02. The highest BCUT2D eigenvalue weighted by atomic mass is 32.1. The third-order valence-corrected chi connectivity index (χ3v) is 3.22. The lowest BCUT2D eigenvalue weighted by atomic mass is 10.2. The van der Waals surface area contributed by atoms with Gasteiger partial charge in [-0.25, -0.2) is 0 Å². The molecule has 4 nitrogen and oxygen atoms in total. The zero-order valence-corrected chi connectivity index (χ0v) is 9.26. The molecule has 1 aliphatic carbocycles. The van der Waals surface area contributed by atoms with Crippen LogP contribution in [0.2, 0.25) is 0 Å². The number of hydrogen-bond acceptors (Lipinski definition) is 3. The summed E-state index contributed by atoms with van der Waals surface area (Å²) in [5, 5.41) is 0. The summed E-state index contributed by atoms with van der Waals surface area (Å²) in [5.74, 6) is 0.0989. The first-order valence-corrected chi connectivity index (χ1v) is 5.65. The first kappa shape index (κ1) is 10.5. The SMILES string of the molecule is NC(=S)CCCCN1C(=O)C2CC2C1=O. The van der Waals surface area contributed by atoms with Crippen molar-refractivity contribution in [2.45, 2.75) is 25.7 Å². The van der Waals surface area contributed by atoms with Gasteiger partial charge in [-0.1, -0.05) is 12.2 Å². The van der Waals surface area contributed by atoms with Gasteiger partial charge >= 0.3 is 0 Å². The van der Waals surface area contributed by atoms with Crippen LogP contribution >= 0.6 is 12.2 Å². The second-order valence-corrected chi connectivity index (χ2v) is 4.72. The molecule has 0 aromatic heterocycles. The topological polar surface area (TPSA) is 63.4 Å². The minimum absolute atomic E-state index is 0.0214. The molecule has 2 unspecified atom stereocenters. The fourth-order valence-electron chi connectivity index (χ4n) is 2.04. The van der Waals surface area contributed by atoms with E-state index in [1.807, 2.05) is 0 Å². The zero-order valence-electron chi connectivity index (χ0n) is 8.44. The maximum absolute atomic E-state index is 11.5. The van der Waals surface area contributed by atoms with E-state index < -0.39 is 0 Å². The Kier molecular flexibility index (Phi) is 2.73. The molecule has 0 radical (unpaired) electrons. The summed E-state index contributed by atoms with van der Waals surface area (Å²) in [6.07, 6.45) is 3.12. The molecule has 0 aromatic carbocycles. The second-order valence-electron chi connectivity index (χ2n) is 4.20. The van der Waals surface area contributed by atoms with E-state index in [9.17, 15) is 9.59 Å². The number of thiocarbonyl (C=S) groups is 1. The Balaban J connectivity index is 1.74. The summed E-state index contributed by atoms with van der Waals surface area (Å²) in [6, 6.07) is 0. The summed E-state index contributed by atoms with van der Waals surface area (Å²) in [4.78, 5) is 25.0. The van der Waals surface area contributed by atoms with Gasteiger partial charge in [-0.3, -0.25) is 14.5 Å². The number of imide groups is 1. The predicted octanol–water partition coefficient (Wildman–Crippen LogP) is 0.448. The van der Waals surface area contributed by atoms with Gasteiger partial charge < -0.3 is 5.73 Å². The average Bonchev–Trinajstić information content (AvgIpc) is 2.90. The van der Waals surface area contributed by atoms with Crippen LogP contribution in [-0.2, 0) is 9.59 Å². The zero-order chi connectivity index (χ0) is 11.0. The molecular weight excluding hydrogens is 212 g/mol. The molecule has 2 aliphatic rings. The number of carbonyl (C=O) groups excluding carboxylic acids is 2. The van der Waals surface area contributed by atoms with Gasteiger partial charge in [0.25, 0.3) is 0 Å². The molecule has 1 aliphatic heterocycles. The molecular formula is C10H14N2O2S. The maximum atomic E-state index is 11.5. The molecule has 2 atom stereocenters. The average molecular weight is 226 g/mol. The molecule has 2 rings (SSSR count). The Morgan fingerprint density at radius 1 is 1.33 bits per heavy atom. The number of unbranched alkanes of at least 4 members (excludes halogenated alkanes) is 1.